The lowest BCUT2D eigenvalue weighted by Gasteiger charge is -2.24. The van der Waals surface area contributed by atoms with Crippen molar-refractivity contribution in [3.63, 3.8) is 0 Å². The molecule has 238 valence electrons. The summed E-state index contributed by atoms with van der Waals surface area (Å²) >= 11 is 7.92. The second-order valence-corrected chi connectivity index (χ2v) is 14.5. The number of rotatable bonds is 10. The number of thiol groups is 2. The number of aromatic nitrogens is 8. The van der Waals surface area contributed by atoms with Crippen LogP contribution in [0.1, 0.15) is 18.9 Å². The monoisotopic (exact) mass is 692 g/mol. The number of fused-ring (bicyclic) bond motifs is 2. The zero-order chi connectivity index (χ0) is 31.3. The molecule has 0 aromatic carbocycles. The van der Waals surface area contributed by atoms with E-state index in [9.17, 15) is 24.1 Å². The molecule has 0 aliphatic carbocycles. The fourth-order valence-electron chi connectivity index (χ4n) is 5.07. The largest absolute Gasteiger partial charge is 0.394 e. The predicted molar refractivity (Wildman–Crippen MR) is 158 cm³/mol. The van der Waals surface area contributed by atoms with E-state index in [1.54, 1.807) is 0 Å². The van der Waals surface area contributed by atoms with Gasteiger partial charge in [0.25, 0.3) is 5.56 Å². The Labute approximate surface area is 257 Å². The highest BCUT2D eigenvalue weighted by molar-refractivity contribution is 8.44. The normalized spacial score (nSPS) is 29.4. The topological polar surface area (TPSA) is 280 Å². The highest BCUT2D eigenvalue weighted by atomic mass is 32.7. The van der Waals surface area contributed by atoms with Gasteiger partial charge in [0.05, 0.1) is 32.0 Å². The van der Waals surface area contributed by atoms with E-state index < -0.39 is 75.8 Å². The molecule has 20 nitrogen and oxygen atoms in total. The van der Waals surface area contributed by atoms with Crippen molar-refractivity contribution in [2.24, 2.45) is 0 Å². The second-order valence-electron chi connectivity index (χ2n) is 9.74. The van der Waals surface area contributed by atoms with E-state index in [1.807, 2.05) is 0 Å². The minimum atomic E-state index is -4.23. The molecule has 2 aliphatic heterocycles. The standard InChI is InChI=1S/C20H26N10O10P2S2/c21-14-10-15(24-4-23-14)29(5-25-10)19-12(32)13(39-41(34)43)9(38-19)3-36-42(35,44)40-8-1-7(2-31)37-18(8)30-6-26-11-16(30)27-20(22)28-17(11)33/h4-9,12-13,18-19,31-32,41H,1-3H2,(H,34,43)(H,35,44)(H2,21,23,24)(H3,22,27,28,33)/t7-,8?,9+,12?,13?,18+,19+,42?/m0/s1. The molecule has 7 N–H and O–H groups in total. The number of nitrogen functional groups attached to an aromatic ring is 2. The molecule has 4 aromatic heterocycles. The maximum atomic E-state index is 13.5. The van der Waals surface area contributed by atoms with Crippen LogP contribution in [0.5, 0.6) is 0 Å². The number of ether oxygens (including phenoxy) is 2. The SMILES string of the molecule is Nc1nc2c(ncn2[C@@H]2O[C@H](CO)CC2OP(=O)(S)OC[C@H]2O[C@@H](n3cnc4c(N)ncnc43)C(O)C2O[PH](=O)S)c(=O)[nH]1. The fraction of sp³-hybridized carbons (Fsp3) is 0.500. The summed E-state index contributed by atoms with van der Waals surface area (Å²) in [7, 11) is -2.89. The number of hydrogen-bond donors (Lipinski definition) is 7. The van der Waals surface area contributed by atoms with Crippen LogP contribution in [0.25, 0.3) is 22.3 Å². The Hall–Kier alpha value is -2.62. The van der Waals surface area contributed by atoms with Crippen molar-refractivity contribution in [3.8, 4) is 0 Å². The Balaban J connectivity index is 1.20. The van der Waals surface area contributed by atoms with Gasteiger partial charge in [-0.25, -0.2) is 24.5 Å². The van der Waals surface area contributed by atoms with Gasteiger partial charge in [-0.15, -0.1) is 0 Å². The first kappa shape index (κ1) is 31.4. The lowest BCUT2D eigenvalue weighted by atomic mass is 10.1. The van der Waals surface area contributed by atoms with Crippen LogP contribution >= 0.6 is 38.5 Å². The average Bonchev–Trinajstić information content (AvgIpc) is 3.73. The summed E-state index contributed by atoms with van der Waals surface area (Å²) in [5, 5.41) is 20.8. The first-order chi connectivity index (χ1) is 21.0. The first-order valence-electron chi connectivity index (χ1n) is 12.8. The summed E-state index contributed by atoms with van der Waals surface area (Å²) in [4.78, 5) is 34.9. The molecule has 2 aliphatic rings. The maximum absolute atomic E-state index is 13.5. The van der Waals surface area contributed by atoms with Crippen molar-refractivity contribution in [1.82, 2.24) is 39.0 Å². The molecule has 0 spiro atoms. The van der Waals surface area contributed by atoms with Crippen LogP contribution in [0, 0.1) is 0 Å². The smallest absolute Gasteiger partial charge is 0.386 e. The van der Waals surface area contributed by atoms with E-state index in [0.717, 1.165) is 0 Å². The molecule has 6 rings (SSSR count). The van der Waals surface area contributed by atoms with E-state index in [0.29, 0.717) is 0 Å². The van der Waals surface area contributed by atoms with Crippen molar-refractivity contribution in [2.75, 3.05) is 24.7 Å². The molecule has 0 saturated carbocycles. The Kier molecular flexibility index (Phi) is 8.76. The van der Waals surface area contributed by atoms with Gasteiger partial charge in [-0.2, -0.15) is 4.98 Å². The van der Waals surface area contributed by atoms with Gasteiger partial charge < -0.3 is 35.7 Å². The summed E-state index contributed by atoms with van der Waals surface area (Å²) in [5.74, 6) is -0.0614. The van der Waals surface area contributed by atoms with Crippen molar-refractivity contribution in [2.45, 2.75) is 49.4 Å². The number of aliphatic hydroxyl groups excluding tert-OH is 2. The average molecular weight is 693 g/mol. The quantitative estimate of drug-likeness (QED) is 0.0837. The number of aromatic amines is 1. The Morgan fingerprint density at radius 2 is 1.86 bits per heavy atom. The summed E-state index contributed by atoms with van der Waals surface area (Å²) in [6.07, 6.45) is -3.93. The number of nitrogens with one attached hydrogen (secondary N) is 1. The van der Waals surface area contributed by atoms with Gasteiger partial charge in [0.1, 0.15) is 36.3 Å². The number of imidazole rings is 2. The minimum absolute atomic E-state index is 0.0277. The number of nitrogens with two attached hydrogens (primary N) is 2. The van der Waals surface area contributed by atoms with Gasteiger partial charge in [0, 0.05) is 6.42 Å². The highest BCUT2D eigenvalue weighted by Crippen LogP contribution is 2.57. The van der Waals surface area contributed by atoms with Crippen LogP contribution in [-0.2, 0) is 32.2 Å². The lowest BCUT2D eigenvalue weighted by molar-refractivity contribution is -0.0543. The van der Waals surface area contributed by atoms with Crippen LogP contribution in [0.15, 0.2) is 23.8 Å². The Morgan fingerprint density at radius 3 is 2.59 bits per heavy atom. The highest BCUT2D eigenvalue weighted by Gasteiger charge is 2.48. The van der Waals surface area contributed by atoms with Crippen molar-refractivity contribution in [3.05, 3.63) is 29.3 Å². The Morgan fingerprint density at radius 1 is 1.14 bits per heavy atom. The van der Waals surface area contributed by atoms with E-state index in [1.165, 1.54) is 28.1 Å². The molecule has 9 atom stereocenters. The first-order valence-corrected chi connectivity index (χ1v) is 18.1. The summed E-state index contributed by atoms with van der Waals surface area (Å²) in [5.41, 5.74) is 11.5. The second kappa shape index (κ2) is 12.3. The third-order valence-electron chi connectivity index (χ3n) is 6.95. The maximum Gasteiger partial charge on any atom is 0.386 e. The minimum Gasteiger partial charge on any atom is -0.394 e. The summed E-state index contributed by atoms with van der Waals surface area (Å²) < 4.78 is 56.5. The molecule has 0 amide bonds. The fourth-order valence-corrected chi connectivity index (χ4v) is 7.45. The molecule has 0 radical (unpaired) electrons. The number of nitrogens with zero attached hydrogens (tertiary/aromatic N) is 7. The molecule has 44 heavy (non-hydrogen) atoms. The molecular formula is C20H26N10O10P2S2. The van der Waals surface area contributed by atoms with Crippen molar-refractivity contribution < 1.29 is 42.4 Å². The van der Waals surface area contributed by atoms with Gasteiger partial charge in [0.15, 0.2) is 35.1 Å². The number of hydrogen-bond acceptors (Lipinski definition) is 17. The van der Waals surface area contributed by atoms with Crippen LogP contribution in [0.4, 0.5) is 11.8 Å². The van der Waals surface area contributed by atoms with Gasteiger partial charge >= 0.3 is 6.80 Å². The predicted octanol–water partition coefficient (Wildman–Crippen LogP) is -0.194. The van der Waals surface area contributed by atoms with E-state index in [4.69, 9.17) is 34.5 Å². The molecule has 5 unspecified atom stereocenters. The molecule has 24 heteroatoms. The summed E-state index contributed by atoms with van der Waals surface area (Å²) in [6, 6.07) is 0. The number of aliphatic hydroxyl groups is 2. The van der Waals surface area contributed by atoms with Gasteiger partial charge in [0.2, 0.25) is 13.2 Å². The molecule has 6 heterocycles. The van der Waals surface area contributed by atoms with Crippen LogP contribution in [0.2, 0.25) is 0 Å². The molecule has 2 fully saturated rings. The van der Waals surface area contributed by atoms with Gasteiger partial charge in [-0.3, -0.25) is 32.5 Å². The zero-order valence-corrected chi connectivity index (χ0v) is 25.9. The van der Waals surface area contributed by atoms with E-state index in [2.05, 4.69) is 54.4 Å². The van der Waals surface area contributed by atoms with Crippen LogP contribution in [-0.4, -0.2) is 93.0 Å². The molecule has 0 bridgehead atoms. The van der Waals surface area contributed by atoms with E-state index >= 15 is 0 Å². The van der Waals surface area contributed by atoms with E-state index in [-0.39, 0.29) is 40.5 Å². The molecule has 2 saturated heterocycles. The van der Waals surface area contributed by atoms with Gasteiger partial charge in [-0.1, -0.05) is 24.5 Å². The van der Waals surface area contributed by atoms with Crippen molar-refractivity contribution >= 4 is 72.6 Å². The summed E-state index contributed by atoms with van der Waals surface area (Å²) in [6.45, 7) is -5.13. The zero-order valence-electron chi connectivity index (χ0n) is 22.2. The third kappa shape index (κ3) is 5.99. The Bertz CT molecular complexity index is 1820. The van der Waals surface area contributed by atoms with Gasteiger partial charge in [-0.05, 0) is 0 Å². The third-order valence-corrected chi connectivity index (χ3v) is 9.38. The number of anilines is 2. The van der Waals surface area contributed by atoms with Crippen molar-refractivity contribution in [1.29, 1.82) is 0 Å². The molecule has 4 aromatic rings. The lowest BCUT2D eigenvalue weighted by Crippen LogP contribution is -2.34. The molecular weight excluding hydrogens is 666 g/mol. The van der Waals surface area contributed by atoms with Crippen LogP contribution in [0.3, 0.4) is 0 Å². The van der Waals surface area contributed by atoms with Crippen LogP contribution < -0.4 is 17.0 Å². The number of H-pyrrole nitrogens is 1.